The van der Waals surface area contributed by atoms with Gasteiger partial charge in [-0.1, -0.05) is 79.0 Å². The number of halogens is 1. The molecule has 2 N–H and O–H groups in total. The monoisotopic (exact) mass is 500 g/mol. The fourth-order valence-electron chi connectivity index (χ4n) is 4.76. The normalized spacial score (nSPS) is 17.5. The van der Waals surface area contributed by atoms with Gasteiger partial charge in [0.05, 0.1) is 12.1 Å². The lowest BCUT2D eigenvalue weighted by atomic mass is 9.75. The summed E-state index contributed by atoms with van der Waals surface area (Å²) < 4.78 is 5.84. The summed E-state index contributed by atoms with van der Waals surface area (Å²) in [7, 11) is 0. The highest BCUT2D eigenvalue weighted by Crippen LogP contribution is 2.34. The van der Waals surface area contributed by atoms with Crippen LogP contribution < -0.4 is 5.32 Å². The number of hydrogen-bond acceptors (Lipinski definition) is 5. The number of carbonyl (C=O) groups excluding carboxylic acids is 1. The minimum absolute atomic E-state index is 0.0727. The maximum Gasteiger partial charge on any atom is 0.307 e. The van der Waals surface area contributed by atoms with Crippen LogP contribution >= 0.6 is 11.6 Å². The van der Waals surface area contributed by atoms with Crippen LogP contribution in [0.3, 0.4) is 0 Å². The van der Waals surface area contributed by atoms with Gasteiger partial charge in [0, 0.05) is 27.8 Å². The molecule has 0 radical (unpaired) electrons. The van der Waals surface area contributed by atoms with Crippen molar-refractivity contribution in [3.05, 3.63) is 89.6 Å². The number of ketones is 1. The predicted molar refractivity (Wildman–Crippen MR) is 140 cm³/mol. The van der Waals surface area contributed by atoms with Crippen LogP contribution in [0.4, 0.5) is 11.7 Å². The van der Waals surface area contributed by atoms with Crippen molar-refractivity contribution >= 4 is 35.1 Å². The molecule has 1 heterocycles. The Balaban J connectivity index is 1.27. The van der Waals surface area contributed by atoms with Gasteiger partial charge in [0.2, 0.25) is 0 Å². The Kier molecular flexibility index (Phi) is 6.87. The van der Waals surface area contributed by atoms with E-state index >= 15 is 0 Å². The summed E-state index contributed by atoms with van der Waals surface area (Å²) in [4.78, 5) is 28.9. The molecule has 2 atom stereocenters. The van der Waals surface area contributed by atoms with Gasteiger partial charge in [-0.3, -0.25) is 9.59 Å². The highest BCUT2D eigenvalue weighted by molar-refractivity contribution is 6.30. The van der Waals surface area contributed by atoms with E-state index in [4.69, 9.17) is 16.0 Å². The first kappa shape index (κ1) is 23.8. The summed E-state index contributed by atoms with van der Waals surface area (Å²) >= 11 is 6.03. The Morgan fingerprint density at radius 1 is 0.889 bits per heavy atom. The molecule has 0 unspecified atom stereocenters. The zero-order valence-electron chi connectivity index (χ0n) is 19.5. The van der Waals surface area contributed by atoms with Gasteiger partial charge in [-0.05, 0) is 42.2 Å². The number of rotatable bonds is 7. The quantitative estimate of drug-likeness (QED) is 0.255. The minimum atomic E-state index is -0.871. The molecule has 36 heavy (non-hydrogen) atoms. The lowest BCUT2D eigenvalue weighted by Gasteiger charge is -2.27. The molecule has 1 aliphatic rings. The smallest absolute Gasteiger partial charge is 0.307 e. The van der Waals surface area contributed by atoms with Crippen LogP contribution in [-0.4, -0.2) is 21.8 Å². The molecule has 4 aromatic rings. The Hall–Kier alpha value is -3.90. The number of Topliss-reactive ketones (excluding diaryl/α,β-unsaturated/α-hetero) is 1. The summed E-state index contributed by atoms with van der Waals surface area (Å²) in [5.74, 6) is -1.34. The van der Waals surface area contributed by atoms with Crippen LogP contribution in [0.5, 0.6) is 0 Å². The topological polar surface area (TPSA) is 92.4 Å². The number of hydrogen-bond donors (Lipinski definition) is 2. The minimum Gasteiger partial charge on any atom is -0.481 e. The molecular formula is C29H25ClN2O4. The fourth-order valence-corrected chi connectivity index (χ4v) is 4.95. The van der Waals surface area contributed by atoms with Gasteiger partial charge in [-0.2, -0.15) is 0 Å². The molecule has 0 aliphatic heterocycles. The van der Waals surface area contributed by atoms with Crippen molar-refractivity contribution in [2.75, 3.05) is 5.32 Å². The molecule has 6 nitrogen and oxygen atoms in total. The number of anilines is 2. The Morgan fingerprint density at radius 2 is 1.53 bits per heavy atom. The maximum atomic E-state index is 13.0. The highest BCUT2D eigenvalue weighted by Gasteiger charge is 2.35. The molecule has 182 valence electrons. The molecule has 0 saturated heterocycles. The van der Waals surface area contributed by atoms with E-state index in [9.17, 15) is 14.7 Å². The standard InChI is InChI=1S/C29H25ClN2O4/c30-22-4-3-5-23(16-22)32-29-31-17-26(36-29)20-12-8-18(9-13-20)19-10-14-21(15-11-19)27(33)24-6-1-2-7-25(24)28(34)35/h3-5,8-17,24-25H,1-2,6-7H2,(H,31,32)(H,34,35)/t24-,25-/m1/s1. The molecule has 0 spiro atoms. The molecule has 3 aromatic carbocycles. The number of benzene rings is 3. The number of aliphatic carboxylic acids is 1. The molecule has 0 bridgehead atoms. The van der Waals surface area contributed by atoms with Crippen LogP contribution in [0.25, 0.3) is 22.5 Å². The van der Waals surface area contributed by atoms with E-state index in [1.165, 1.54) is 0 Å². The van der Waals surface area contributed by atoms with E-state index in [-0.39, 0.29) is 5.78 Å². The third kappa shape index (κ3) is 5.19. The van der Waals surface area contributed by atoms with Gasteiger partial charge in [-0.25, -0.2) is 4.98 Å². The van der Waals surface area contributed by atoms with Gasteiger partial charge >= 0.3 is 5.97 Å². The first-order valence-corrected chi connectivity index (χ1v) is 12.3. The molecule has 7 heteroatoms. The van der Waals surface area contributed by atoms with Crippen molar-refractivity contribution in [3.63, 3.8) is 0 Å². The average molecular weight is 501 g/mol. The van der Waals surface area contributed by atoms with Gasteiger partial charge in [0.25, 0.3) is 6.01 Å². The molecule has 1 aromatic heterocycles. The van der Waals surface area contributed by atoms with E-state index in [2.05, 4.69) is 10.3 Å². The highest BCUT2D eigenvalue weighted by atomic mass is 35.5. The van der Waals surface area contributed by atoms with E-state index in [0.717, 1.165) is 35.2 Å². The van der Waals surface area contributed by atoms with E-state index in [0.29, 0.717) is 35.2 Å². The van der Waals surface area contributed by atoms with Crippen LogP contribution in [0.15, 0.2) is 83.4 Å². The molecular weight excluding hydrogens is 476 g/mol. The van der Waals surface area contributed by atoms with Crippen LogP contribution in [0.1, 0.15) is 36.0 Å². The second kappa shape index (κ2) is 10.4. The fraction of sp³-hybridized carbons (Fsp3) is 0.207. The van der Waals surface area contributed by atoms with Crippen molar-refractivity contribution < 1.29 is 19.1 Å². The number of aromatic nitrogens is 1. The van der Waals surface area contributed by atoms with Crippen molar-refractivity contribution in [3.8, 4) is 22.5 Å². The molecule has 5 rings (SSSR count). The van der Waals surface area contributed by atoms with Crippen LogP contribution in [0, 0.1) is 11.8 Å². The number of carbonyl (C=O) groups is 2. The number of nitrogens with one attached hydrogen (secondary N) is 1. The van der Waals surface area contributed by atoms with Gasteiger partial charge < -0.3 is 14.8 Å². The number of carboxylic acids is 1. The summed E-state index contributed by atoms with van der Waals surface area (Å²) in [6, 6.07) is 23.0. The largest absolute Gasteiger partial charge is 0.481 e. The first-order valence-electron chi connectivity index (χ1n) is 11.9. The van der Waals surface area contributed by atoms with Crippen molar-refractivity contribution in [1.29, 1.82) is 0 Å². The summed E-state index contributed by atoms with van der Waals surface area (Å²) in [5, 5.41) is 13.2. The average Bonchev–Trinajstić information content (AvgIpc) is 3.37. The Morgan fingerprint density at radius 3 is 2.19 bits per heavy atom. The Bertz CT molecular complexity index is 1380. The lowest BCUT2D eigenvalue weighted by molar-refractivity contribution is -0.144. The summed E-state index contributed by atoms with van der Waals surface area (Å²) in [6.07, 6.45) is 4.63. The number of nitrogens with zero attached hydrogens (tertiary/aromatic N) is 1. The molecule has 1 aliphatic carbocycles. The lowest BCUT2D eigenvalue weighted by Crippen LogP contribution is -2.32. The van der Waals surface area contributed by atoms with Gasteiger partial charge in [0.1, 0.15) is 0 Å². The zero-order chi connectivity index (χ0) is 25.1. The molecule has 1 saturated carbocycles. The van der Waals surface area contributed by atoms with Crippen LogP contribution in [0.2, 0.25) is 5.02 Å². The third-order valence-corrected chi connectivity index (χ3v) is 6.91. The second-order valence-electron chi connectivity index (χ2n) is 9.02. The SMILES string of the molecule is O=C(O)[C@@H]1CCCC[C@H]1C(=O)c1ccc(-c2ccc(-c3cnc(Nc4cccc(Cl)c4)o3)cc2)cc1. The van der Waals surface area contributed by atoms with Crippen LogP contribution in [-0.2, 0) is 4.79 Å². The van der Waals surface area contributed by atoms with Crippen molar-refractivity contribution in [1.82, 2.24) is 4.98 Å². The summed E-state index contributed by atoms with van der Waals surface area (Å²) in [6.45, 7) is 0. The zero-order valence-corrected chi connectivity index (χ0v) is 20.2. The maximum absolute atomic E-state index is 13.0. The van der Waals surface area contributed by atoms with E-state index in [1.54, 1.807) is 30.5 Å². The van der Waals surface area contributed by atoms with Gasteiger partial charge in [-0.15, -0.1) is 0 Å². The van der Waals surface area contributed by atoms with Gasteiger partial charge in [0.15, 0.2) is 11.5 Å². The third-order valence-electron chi connectivity index (χ3n) is 6.67. The number of oxazole rings is 1. The van der Waals surface area contributed by atoms with Crippen molar-refractivity contribution in [2.24, 2.45) is 11.8 Å². The van der Waals surface area contributed by atoms with E-state index < -0.39 is 17.8 Å². The predicted octanol–water partition coefficient (Wildman–Crippen LogP) is 7.48. The molecule has 0 amide bonds. The second-order valence-corrected chi connectivity index (χ2v) is 9.46. The number of carboxylic acid groups (broad SMARTS) is 1. The van der Waals surface area contributed by atoms with Crippen molar-refractivity contribution in [2.45, 2.75) is 25.7 Å². The molecule has 1 fully saturated rings. The first-order chi connectivity index (χ1) is 17.5. The summed E-state index contributed by atoms with van der Waals surface area (Å²) in [5.41, 5.74) is 4.20. The Labute approximate surface area is 214 Å². The van der Waals surface area contributed by atoms with E-state index in [1.807, 2.05) is 48.5 Å².